The first-order chi connectivity index (χ1) is 13.2. The molecule has 0 aliphatic heterocycles. The molecule has 1 heterocycles. The van der Waals surface area contributed by atoms with Gasteiger partial charge in [-0.05, 0) is 37.3 Å². The van der Waals surface area contributed by atoms with Gasteiger partial charge in [0.25, 0.3) is 0 Å². The maximum absolute atomic E-state index is 13.3. The van der Waals surface area contributed by atoms with Crippen molar-refractivity contribution in [3.05, 3.63) is 58.1 Å². The van der Waals surface area contributed by atoms with Crippen molar-refractivity contribution in [2.75, 3.05) is 0 Å². The van der Waals surface area contributed by atoms with Crippen LogP contribution in [0, 0.1) is 11.3 Å². The lowest BCUT2D eigenvalue weighted by Crippen LogP contribution is -2.08. The van der Waals surface area contributed by atoms with E-state index in [0.29, 0.717) is 16.4 Å². The van der Waals surface area contributed by atoms with Gasteiger partial charge in [0.05, 0.1) is 27.6 Å². The zero-order valence-electron chi connectivity index (χ0n) is 14.2. The Morgan fingerprint density at radius 1 is 1.14 bits per heavy atom. The van der Waals surface area contributed by atoms with Crippen LogP contribution in [0.5, 0.6) is 0 Å². The van der Waals surface area contributed by atoms with Crippen LogP contribution in [0.15, 0.2) is 47.6 Å². The summed E-state index contributed by atoms with van der Waals surface area (Å²) in [6, 6.07) is 12.3. The molecule has 0 N–H and O–H groups in total. The summed E-state index contributed by atoms with van der Waals surface area (Å²) in [5.41, 5.74) is -0.231. The maximum Gasteiger partial charge on any atom is 0.417 e. The van der Waals surface area contributed by atoms with Gasteiger partial charge in [-0.2, -0.15) is 18.4 Å². The zero-order valence-corrected chi connectivity index (χ0v) is 16.5. The van der Waals surface area contributed by atoms with Gasteiger partial charge in [-0.25, -0.2) is 0 Å². The molecule has 0 radical (unpaired) electrons. The van der Waals surface area contributed by atoms with E-state index in [1.807, 2.05) is 0 Å². The first kappa shape index (κ1) is 20.5. The van der Waals surface area contributed by atoms with E-state index in [9.17, 15) is 13.2 Å². The molecule has 0 fully saturated rings. The molecule has 0 unspecified atom stereocenters. The number of aromatic nitrogens is 3. The van der Waals surface area contributed by atoms with E-state index in [0.717, 1.165) is 17.8 Å². The van der Waals surface area contributed by atoms with Crippen LogP contribution in [0.1, 0.15) is 12.5 Å². The third kappa shape index (κ3) is 4.27. The molecule has 0 saturated carbocycles. The minimum absolute atomic E-state index is 0.171. The lowest BCUT2D eigenvalue weighted by molar-refractivity contribution is -0.137. The minimum atomic E-state index is -4.62. The molecule has 2 aromatic carbocycles. The quantitative estimate of drug-likeness (QED) is 0.447. The molecular formula is C18H11Cl2F3N4S. The van der Waals surface area contributed by atoms with Crippen molar-refractivity contribution < 1.29 is 13.2 Å². The van der Waals surface area contributed by atoms with Gasteiger partial charge in [-0.15, -0.1) is 10.2 Å². The van der Waals surface area contributed by atoms with Crippen molar-refractivity contribution in [2.45, 2.75) is 23.5 Å². The van der Waals surface area contributed by atoms with Crippen molar-refractivity contribution >= 4 is 35.0 Å². The second-order valence-electron chi connectivity index (χ2n) is 5.70. The van der Waals surface area contributed by atoms with Gasteiger partial charge < -0.3 is 0 Å². The Bertz CT molecular complexity index is 1060. The highest BCUT2D eigenvalue weighted by Gasteiger charge is 2.34. The summed E-state index contributed by atoms with van der Waals surface area (Å²) < 4.78 is 41.4. The van der Waals surface area contributed by atoms with Crippen LogP contribution in [0.25, 0.3) is 17.1 Å². The van der Waals surface area contributed by atoms with Gasteiger partial charge in [-0.3, -0.25) is 4.57 Å². The molecule has 10 heteroatoms. The van der Waals surface area contributed by atoms with Crippen LogP contribution in [0.2, 0.25) is 10.0 Å². The van der Waals surface area contributed by atoms with Crippen LogP contribution in [0.4, 0.5) is 13.2 Å². The van der Waals surface area contributed by atoms with Crippen LogP contribution in [0.3, 0.4) is 0 Å². The fourth-order valence-corrected chi connectivity index (χ4v) is 3.62. The molecule has 144 valence electrons. The van der Waals surface area contributed by atoms with Gasteiger partial charge in [0.1, 0.15) is 0 Å². The summed E-state index contributed by atoms with van der Waals surface area (Å²) in [6.07, 6.45) is -4.62. The Hall–Kier alpha value is -2.21. The smallest absolute Gasteiger partial charge is 0.270 e. The van der Waals surface area contributed by atoms with Crippen molar-refractivity contribution in [3.8, 4) is 23.1 Å². The molecular weight excluding hydrogens is 432 g/mol. The molecule has 3 rings (SSSR count). The van der Waals surface area contributed by atoms with Crippen molar-refractivity contribution in [3.63, 3.8) is 0 Å². The standard InChI is InChI=1S/C18H11Cl2F3N4S/c1-10(9-24)28-17-26-25-16(11-3-2-4-12(19)7-11)27(17)13-5-6-15(20)14(8-13)18(21,22)23/h2-8,10H,1H3/t10-/m0/s1. The molecule has 4 nitrogen and oxygen atoms in total. The largest absolute Gasteiger partial charge is 0.417 e. The first-order valence-corrected chi connectivity index (χ1v) is 9.49. The van der Waals surface area contributed by atoms with Crippen molar-refractivity contribution in [1.29, 1.82) is 5.26 Å². The van der Waals surface area contributed by atoms with Gasteiger partial charge >= 0.3 is 6.18 Å². The third-order valence-corrected chi connectivity index (χ3v) is 5.19. The third-order valence-electron chi connectivity index (χ3n) is 3.69. The predicted octanol–water partition coefficient (Wildman–Crippen LogP) is 6.26. The van der Waals surface area contributed by atoms with Crippen LogP contribution >= 0.6 is 35.0 Å². The normalized spacial score (nSPS) is 12.6. The molecule has 0 aliphatic carbocycles. The highest BCUT2D eigenvalue weighted by Crippen LogP contribution is 2.38. The molecule has 0 amide bonds. The number of hydrogen-bond donors (Lipinski definition) is 0. The highest BCUT2D eigenvalue weighted by atomic mass is 35.5. The summed E-state index contributed by atoms with van der Waals surface area (Å²) in [7, 11) is 0. The maximum atomic E-state index is 13.3. The number of nitriles is 1. The topological polar surface area (TPSA) is 54.5 Å². The lowest BCUT2D eigenvalue weighted by Gasteiger charge is -2.15. The van der Waals surface area contributed by atoms with E-state index in [4.69, 9.17) is 28.5 Å². The Kier molecular flexibility index (Phi) is 5.89. The summed E-state index contributed by atoms with van der Waals surface area (Å²) in [6.45, 7) is 1.66. The molecule has 0 aliphatic rings. The summed E-state index contributed by atoms with van der Waals surface area (Å²) in [5, 5.41) is 17.1. The summed E-state index contributed by atoms with van der Waals surface area (Å²) in [4.78, 5) is 0. The van der Waals surface area contributed by atoms with E-state index >= 15 is 0 Å². The average molecular weight is 443 g/mol. The van der Waals surface area contributed by atoms with E-state index < -0.39 is 22.0 Å². The number of hydrogen-bond acceptors (Lipinski definition) is 4. The van der Waals surface area contributed by atoms with E-state index in [1.165, 1.54) is 16.7 Å². The Morgan fingerprint density at radius 2 is 1.89 bits per heavy atom. The van der Waals surface area contributed by atoms with Crippen molar-refractivity contribution in [2.24, 2.45) is 0 Å². The SMILES string of the molecule is C[C@@H](C#N)Sc1nnc(-c2cccc(Cl)c2)n1-c1ccc(Cl)c(C(F)(F)F)c1. The Morgan fingerprint density at radius 3 is 2.54 bits per heavy atom. The summed E-state index contributed by atoms with van der Waals surface area (Å²) in [5.74, 6) is 0.297. The molecule has 1 atom stereocenters. The monoisotopic (exact) mass is 442 g/mol. The molecule has 28 heavy (non-hydrogen) atoms. The minimum Gasteiger partial charge on any atom is -0.270 e. The second-order valence-corrected chi connectivity index (χ2v) is 7.85. The van der Waals surface area contributed by atoms with Crippen molar-refractivity contribution in [1.82, 2.24) is 14.8 Å². The number of alkyl halides is 3. The first-order valence-electron chi connectivity index (χ1n) is 7.85. The summed E-state index contributed by atoms with van der Waals surface area (Å²) >= 11 is 12.9. The number of rotatable bonds is 4. The second kappa shape index (κ2) is 8.03. The highest BCUT2D eigenvalue weighted by molar-refractivity contribution is 8.00. The number of nitrogens with zero attached hydrogens (tertiary/aromatic N) is 4. The Labute approximate surface area is 172 Å². The molecule has 0 bridgehead atoms. The van der Waals surface area contributed by atoms with E-state index in [-0.39, 0.29) is 10.8 Å². The molecule has 0 saturated heterocycles. The van der Waals surface area contributed by atoms with Crippen LogP contribution in [-0.4, -0.2) is 20.0 Å². The van der Waals surface area contributed by atoms with Gasteiger partial charge in [0.2, 0.25) is 0 Å². The molecule has 3 aromatic rings. The van der Waals surface area contributed by atoms with Crippen LogP contribution < -0.4 is 0 Å². The van der Waals surface area contributed by atoms with E-state index in [1.54, 1.807) is 31.2 Å². The molecule has 0 spiro atoms. The van der Waals surface area contributed by atoms with Gasteiger partial charge in [0.15, 0.2) is 11.0 Å². The lowest BCUT2D eigenvalue weighted by atomic mass is 10.1. The zero-order chi connectivity index (χ0) is 20.5. The Balaban J connectivity index is 2.23. The number of thioether (sulfide) groups is 1. The number of benzene rings is 2. The molecule has 1 aromatic heterocycles. The average Bonchev–Trinajstić information content (AvgIpc) is 3.04. The van der Waals surface area contributed by atoms with E-state index in [2.05, 4.69) is 16.3 Å². The fraction of sp³-hybridized carbons (Fsp3) is 0.167. The van der Waals surface area contributed by atoms with Gasteiger partial charge in [-0.1, -0.05) is 47.1 Å². The fourth-order valence-electron chi connectivity index (χ4n) is 2.45. The predicted molar refractivity (Wildman–Crippen MR) is 103 cm³/mol. The van der Waals surface area contributed by atoms with Crippen LogP contribution in [-0.2, 0) is 6.18 Å². The van der Waals surface area contributed by atoms with Gasteiger partial charge in [0, 0.05) is 10.6 Å². The number of halogens is 5.